The number of piperidine rings is 1. The molecule has 1 saturated carbocycles. The van der Waals surface area contributed by atoms with Crippen LogP contribution >= 0.6 is 0 Å². The van der Waals surface area contributed by atoms with Crippen molar-refractivity contribution in [3.63, 3.8) is 0 Å². The molecule has 0 unspecified atom stereocenters. The minimum atomic E-state index is -0.358. The molecule has 4 rings (SSSR count). The van der Waals surface area contributed by atoms with E-state index in [9.17, 15) is 14.0 Å². The van der Waals surface area contributed by atoms with Crippen molar-refractivity contribution in [2.45, 2.75) is 31.7 Å². The Morgan fingerprint density at radius 2 is 2.00 bits per heavy atom. The van der Waals surface area contributed by atoms with Crippen LogP contribution in [0.25, 0.3) is 0 Å². The van der Waals surface area contributed by atoms with Gasteiger partial charge < -0.3 is 15.1 Å². The summed E-state index contributed by atoms with van der Waals surface area (Å²) in [5.74, 6) is -0.270. The van der Waals surface area contributed by atoms with Crippen molar-refractivity contribution < 1.29 is 14.0 Å². The lowest BCUT2D eigenvalue weighted by Crippen LogP contribution is -2.65. The van der Waals surface area contributed by atoms with Crippen LogP contribution in [0.15, 0.2) is 24.3 Å². The molecule has 0 radical (unpaired) electrons. The van der Waals surface area contributed by atoms with Crippen molar-refractivity contribution in [1.82, 2.24) is 10.2 Å². The number of hydrogen-bond donors (Lipinski definition) is 1. The van der Waals surface area contributed by atoms with E-state index in [2.05, 4.69) is 5.32 Å². The van der Waals surface area contributed by atoms with E-state index in [1.807, 2.05) is 4.90 Å². The maximum atomic E-state index is 13.3. The Morgan fingerprint density at radius 3 is 2.61 bits per heavy atom. The first kappa shape index (κ1) is 14.5. The maximum absolute atomic E-state index is 13.3. The van der Waals surface area contributed by atoms with E-state index >= 15 is 0 Å². The van der Waals surface area contributed by atoms with Gasteiger partial charge in [-0.2, -0.15) is 0 Å². The zero-order valence-electron chi connectivity index (χ0n) is 12.9. The molecular weight excluding hydrogens is 297 g/mol. The molecule has 5 nitrogen and oxygen atoms in total. The van der Waals surface area contributed by atoms with Crippen LogP contribution in [0.2, 0.25) is 0 Å². The number of amides is 3. The van der Waals surface area contributed by atoms with Gasteiger partial charge in [-0.3, -0.25) is 4.79 Å². The highest BCUT2D eigenvalue weighted by Crippen LogP contribution is 2.44. The number of rotatable bonds is 2. The summed E-state index contributed by atoms with van der Waals surface area (Å²) in [5, 5.41) is 2.99. The highest BCUT2D eigenvalue weighted by molar-refractivity contribution is 6.04. The van der Waals surface area contributed by atoms with Crippen LogP contribution in [0.4, 0.5) is 14.9 Å². The third-order valence-electron chi connectivity index (χ3n) is 5.19. The number of hydrogen-bond acceptors (Lipinski definition) is 2. The topological polar surface area (TPSA) is 52.7 Å². The van der Waals surface area contributed by atoms with Crippen molar-refractivity contribution in [2.24, 2.45) is 5.41 Å². The van der Waals surface area contributed by atoms with E-state index < -0.39 is 0 Å². The van der Waals surface area contributed by atoms with Crippen molar-refractivity contribution in [3.05, 3.63) is 30.1 Å². The van der Waals surface area contributed by atoms with Gasteiger partial charge in [-0.15, -0.1) is 0 Å². The fourth-order valence-corrected chi connectivity index (χ4v) is 3.49. The molecule has 2 saturated heterocycles. The molecule has 1 aromatic carbocycles. The fourth-order valence-electron chi connectivity index (χ4n) is 3.49. The van der Waals surface area contributed by atoms with Crippen molar-refractivity contribution >= 4 is 17.6 Å². The Balaban J connectivity index is 1.37. The number of urea groups is 1. The van der Waals surface area contributed by atoms with Crippen LogP contribution in [0.3, 0.4) is 0 Å². The summed E-state index contributed by atoms with van der Waals surface area (Å²) in [6.45, 7) is 1.84. The number of benzene rings is 1. The fraction of sp³-hybridized carbons (Fsp3) is 0.529. The van der Waals surface area contributed by atoms with E-state index in [4.69, 9.17) is 0 Å². The first-order valence-electron chi connectivity index (χ1n) is 8.20. The number of likely N-dealkylation sites (tertiary alicyclic amines) is 1. The monoisotopic (exact) mass is 317 g/mol. The molecule has 1 spiro atoms. The van der Waals surface area contributed by atoms with Crippen LogP contribution in [-0.2, 0) is 4.79 Å². The average molecular weight is 317 g/mol. The molecule has 3 fully saturated rings. The van der Waals surface area contributed by atoms with Gasteiger partial charge in [0.15, 0.2) is 0 Å². The van der Waals surface area contributed by atoms with Crippen LogP contribution in [0.1, 0.15) is 25.7 Å². The van der Waals surface area contributed by atoms with E-state index in [0.29, 0.717) is 44.2 Å². The molecule has 2 heterocycles. The van der Waals surface area contributed by atoms with E-state index in [1.54, 1.807) is 17.0 Å². The van der Waals surface area contributed by atoms with E-state index in [0.717, 1.165) is 12.8 Å². The lowest BCUT2D eigenvalue weighted by Gasteiger charge is -2.52. The van der Waals surface area contributed by atoms with Gasteiger partial charge in [-0.1, -0.05) is 6.07 Å². The van der Waals surface area contributed by atoms with Gasteiger partial charge in [0, 0.05) is 31.4 Å². The average Bonchev–Trinajstić information content (AvgIpc) is 3.36. The lowest BCUT2D eigenvalue weighted by atomic mass is 9.71. The standard InChI is InChI=1S/C17H20FN3O2/c18-12-2-1-3-14(10-12)21-11-17(15(21)22)6-8-20(9-7-17)16(23)19-13-4-5-13/h1-3,10,13H,4-9,11H2,(H,19,23). The molecular formula is C17H20FN3O2. The molecule has 1 N–H and O–H groups in total. The largest absolute Gasteiger partial charge is 0.335 e. The zero-order valence-corrected chi connectivity index (χ0v) is 12.9. The Hall–Kier alpha value is -2.11. The molecule has 3 aliphatic rings. The number of nitrogens with one attached hydrogen (secondary N) is 1. The highest BCUT2D eigenvalue weighted by Gasteiger charge is 2.54. The van der Waals surface area contributed by atoms with Gasteiger partial charge >= 0.3 is 6.03 Å². The first-order chi connectivity index (χ1) is 11.1. The normalized spacial score (nSPS) is 22.9. The summed E-state index contributed by atoms with van der Waals surface area (Å²) in [6.07, 6.45) is 3.53. The summed E-state index contributed by atoms with van der Waals surface area (Å²) in [6, 6.07) is 6.49. The third kappa shape index (κ3) is 2.56. The summed E-state index contributed by atoms with van der Waals surface area (Å²) in [7, 11) is 0. The molecule has 122 valence electrons. The second-order valence-electron chi connectivity index (χ2n) is 6.86. The number of carbonyl (C=O) groups excluding carboxylic acids is 2. The zero-order chi connectivity index (χ0) is 16.0. The molecule has 0 aromatic heterocycles. The summed E-state index contributed by atoms with van der Waals surface area (Å²) in [4.78, 5) is 28.1. The Morgan fingerprint density at radius 1 is 1.26 bits per heavy atom. The minimum absolute atomic E-state index is 0.00360. The van der Waals surface area contributed by atoms with Crippen LogP contribution < -0.4 is 10.2 Å². The molecule has 23 heavy (non-hydrogen) atoms. The maximum Gasteiger partial charge on any atom is 0.317 e. The van der Waals surface area contributed by atoms with Gasteiger partial charge in [-0.05, 0) is 43.9 Å². The number of anilines is 1. The van der Waals surface area contributed by atoms with Gasteiger partial charge in [0.1, 0.15) is 5.82 Å². The molecule has 6 heteroatoms. The van der Waals surface area contributed by atoms with Gasteiger partial charge in [0.05, 0.1) is 5.41 Å². The molecule has 0 bridgehead atoms. The Kier molecular flexibility index (Phi) is 3.28. The van der Waals surface area contributed by atoms with Crippen LogP contribution in [0, 0.1) is 11.2 Å². The second-order valence-corrected chi connectivity index (χ2v) is 6.86. The van der Waals surface area contributed by atoms with Crippen LogP contribution in [-0.4, -0.2) is 42.5 Å². The molecule has 3 amide bonds. The smallest absolute Gasteiger partial charge is 0.317 e. The van der Waals surface area contributed by atoms with Crippen molar-refractivity contribution in [2.75, 3.05) is 24.5 Å². The molecule has 1 aromatic rings. The summed E-state index contributed by atoms with van der Waals surface area (Å²) in [5.41, 5.74) is 0.261. The molecule has 1 aliphatic carbocycles. The second kappa shape index (κ2) is 5.22. The summed E-state index contributed by atoms with van der Waals surface area (Å²) >= 11 is 0. The highest BCUT2D eigenvalue weighted by atomic mass is 19.1. The van der Waals surface area contributed by atoms with Crippen molar-refractivity contribution in [3.8, 4) is 0 Å². The predicted molar refractivity (Wildman–Crippen MR) is 83.5 cm³/mol. The van der Waals surface area contributed by atoms with Gasteiger partial charge in [0.25, 0.3) is 0 Å². The predicted octanol–water partition coefficient (Wildman–Crippen LogP) is 2.13. The first-order valence-corrected chi connectivity index (χ1v) is 8.20. The third-order valence-corrected chi connectivity index (χ3v) is 5.19. The molecule has 2 aliphatic heterocycles. The SMILES string of the molecule is O=C(NC1CC1)N1CCC2(CC1)CN(c1cccc(F)c1)C2=O. The number of β-lactam (4-membered cyclic amide) rings is 1. The van der Waals surface area contributed by atoms with Gasteiger partial charge in [0.2, 0.25) is 5.91 Å². The quantitative estimate of drug-likeness (QED) is 0.850. The number of carbonyl (C=O) groups is 2. The number of nitrogens with zero attached hydrogens (tertiary/aromatic N) is 2. The lowest BCUT2D eigenvalue weighted by molar-refractivity contribution is -0.138. The number of halogens is 1. The van der Waals surface area contributed by atoms with Crippen LogP contribution in [0.5, 0.6) is 0 Å². The summed E-state index contributed by atoms with van der Waals surface area (Å²) < 4.78 is 13.3. The Labute approximate surface area is 134 Å². The minimum Gasteiger partial charge on any atom is -0.335 e. The van der Waals surface area contributed by atoms with E-state index in [1.165, 1.54) is 12.1 Å². The molecule has 0 atom stereocenters. The van der Waals surface area contributed by atoms with Gasteiger partial charge in [-0.25, -0.2) is 9.18 Å². The van der Waals surface area contributed by atoms with Crippen molar-refractivity contribution in [1.29, 1.82) is 0 Å². The Bertz CT molecular complexity index is 651. The van der Waals surface area contributed by atoms with E-state index in [-0.39, 0.29) is 23.2 Å².